The molecule has 6 nitrogen and oxygen atoms in total. The number of nitriles is 1. The van der Waals surface area contributed by atoms with Gasteiger partial charge in [-0.05, 0) is 48.2 Å². The van der Waals surface area contributed by atoms with Crippen LogP contribution in [0, 0.1) is 18.3 Å². The SMILES string of the molecule is Cc1cc(C(=O)Nc2ccc(C(C)(C)C)cc2)nc(Nc2ccccc2C#N)n1. The van der Waals surface area contributed by atoms with E-state index >= 15 is 0 Å². The number of nitrogens with one attached hydrogen (secondary N) is 2. The van der Waals surface area contributed by atoms with E-state index in [9.17, 15) is 10.1 Å². The Morgan fingerprint density at radius 1 is 1.03 bits per heavy atom. The average Bonchev–Trinajstić information content (AvgIpc) is 2.67. The third-order valence-corrected chi connectivity index (χ3v) is 4.39. The number of carbonyl (C=O) groups is 1. The number of nitrogens with zero attached hydrogens (tertiary/aromatic N) is 3. The Bertz CT molecular complexity index is 1080. The molecule has 29 heavy (non-hydrogen) atoms. The summed E-state index contributed by atoms with van der Waals surface area (Å²) < 4.78 is 0. The number of hydrogen-bond donors (Lipinski definition) is 2. The van der Waals surface area contributed by atoms with Crippen molar-refractivity contribution >= 4 is 23.2 Å². The van der Waals surface area contributed by atoms with Crippen molar-refractivity contribution in [2.75, 3.05) is 10.6 Å². The molecule has 0 aliphatic carbocycles. The van der Waals surface area contributed by atoms with Gasteiger partial charge in [0.05, 0.1) is 11.3 Å². The van der Waals surface area contributed by atoms with Gasteiger partial charge in [-0.3, -0.25) is 4.79 Å². The maximum absolute atomic E-state index is 12.7. The minimum absolute atomic E-state index is 0.0482. The molecule has 0 aliphatic heterocycles. The van der Waals surface area contributed by atoms with Gasteiger partial charge in [-0.25, -0.2) is 9.97 Å². The number of aryl methyl sites for hydroxylation is 1. The van der Waals surface area contributed by atoms with E-state index < -0.39 is 0 Å². The normalized spacial score (nSPS) is 10.9. The maximum Gasteiger partial charge on any atom is 0.274 e. The smallest absolute Gasteiger partial charge is 0.274 e. The van der Waals surface area contributed by atoms with E-state index in [1.807, 2.05) is 30.3 Å². The summed E-state index contributed by atoms with van der Waals surface area (Å²) >= 11 is 0. The van der Waals surface area contributed by atoms with Gasteiger partial charge in [-0.1, -0.05) is 45.0 Å². The highest BCUT2D eigenvalue weighted by atomic mass is 16.1. The summed E-state index contributed by atoms with van der Waals surface area (Å²) in [6, 6.07) is 18.6. The first-order chi connectivity index (χ1) is 13.8. The van der Waals surface area contributed by atoms with Crippen LogP contribution >= 0.6 is 0 Å². The van der Waals surface area contributed by atoms with Crippen LogP contribution in [0.15, 0.2) is 54.6 Å². The van der Waals surface area contributed by atoms with Crippen molar-refractivity contribution in [1.29, 1.82) is 5.26 Å². The third kappa shape index (κ3) is 4.96. The van der Waals surface area contributed by atoms with Crippen molar-refractivity contribution in [2.45, 2.75) is 33.1 Å². The predicted octanol–water partition coefficient (Wildman–Crippen LogP) is 4.95. The van der Waals surface area contributed by atoms with E-state index in [4.69, 9.17) is 0 Å². The zero-order valence-electron chi connectivity index (χ0n) is 16.9. The number of hydrogen-bond acceptors (Lipinski definition) is 5. The third-order valence-electron chi connectivity index (χ3n) is 4.39. The van der Waals surface area contributed by atoms with Gasteiger partial charge in [0, 0.05) is 11.4 Å². The standard InChI is InChI=1S/C23H23N5O/c1-15-13-20(21(29)26-18-11-9-17(10-12-18)23(2,3)4)28-22(25-15)27-19-8-6-5-7-16(19)14-24/h5-13H,1-4H3,(H,26,29)(H,25,27,28). The van der Waals surface area contributed by atoms with Crippen LogP contribution in [0.5, 0.6) is 0 Å². The Hall–Kier alpha value is -3.72. The van der Waals surface area contributed by atoms with Crippen molar-refractivity contribution < 1.29 is 4.79 Å². The van der Waals surface area contributed by atoms with Gasteiger partial charge in [-0.15, -0.1) is 0 Å². The van der Waals surface area contributed by atoms with Crippen molar-refractivity contribution in [1.82, 2.24) is 9.97 Å². The molecule has 0 radical (unpaired) electrons. The van der Waals surface area contributed by atoms with E-state index in [0.717, 1.165) is 0 Å². The Kier molecular flexibility index (Phi) is 5.60. The lowest BCUT2D eigenvalue weighted by atomic mass is 9.87. The van der Waals surface area contributed by atoms with Crippen LogP contribution in [0.4, 0.5) is 17.3 Å². The highest BCUT2D eigenvalue weighted by molar-refractivity contribution is 6.03. The quantitative estimate of drug-likeness (QED) is 0.663. The van der Waals surface area contributed by atoms with E-state index in [0.29, 0.717) is 22.6 Å². The first kappa shape index (κ1) is 20.0. The van der Waals surface area contributed by atoms with Crippen molar-refractivity contribution in [2.24, 2.45) is 0 Å². The number of rotatable bonds is 4. The van der Waals surface area contributed by atoms with Crippen LogP contribution in [0.3, 0.4) is 0 Å². The van der Waals surface area contributed by atoms with E-state index in [1.165, 1.54) is 5.56 Å². The molecule has 146 valence electrons. The van der Waals surface area contributed by atoms with Gasteiger partial charge in [0.2, 0.25) is 5.95 Å². The summed E-state index contributed by atoms with van der Waals surface area (Å²) in [4.78, 5) is 21.3. The second kappa shape index (κ2) is 8.11. The zero-order valence-corrected chi connectivity index (χ0v) is 16.9. The summed E-state index contributed by atoms with van der Waals surface area (Å²) in [7, 11) is 0. The zero-order chi connectivity index (χ0) is 21.0. The molecule has 6 heteroatoms. The van der Waals surface area contributed by atoms with Gasteiger partial charge < -0.3 is 10.6 Å². The number of anilines is 3. The molecule has 2 N–H and O–H groups in total. The molecular formula is C23H23N5O. The van der Waals surface area contributed by atoms with Crippen LogP contribution in [0.2, 0.25) is 0 Å². The van der Waals surface area contributed by atoms with E-state index in [-0.39, 0.29) is 23.0 Å². The molecule has 2 aromatic carbocycles. The fraction of sp³-hybridized carbons (Fsp3) is 0.217. The van der Waals surface area contributed by atoms with Gasteiger partial charge in [0.25, 0.3) is 5.91 Å². The molecule has 0 fully saturated rings. The highest BCUT2D eigenvalue weighted by Gasteiger charge is 2.15. The first-order valence-corrected chi connectivity index (χ1v) is 9.30. The monoisotopic (exact) mass is 385 g/mol. The second-order valence-corrected chi connectivity index (χ2v) is 7.78. The molecule has 0 saturated heterocycles. The Morgan fingerprint density at radius 3 is 2.38 bits per heavy atom. The fourth-order valence-corrected chi connectivity index (χ4v) is 2.80. The molecule has 0 bridgehead atoms. The van der Waals surface area contributed by atoms with E-state index in [2.05, 4.69) is 47.4 Å². The van der Waals surface area contributed by atoms with Gasteiger partial charge in [0.1, 0.15) is 11.8 Å². The largest absolute Gasteiger partial charge is 0.323 e. The number of para-hydroxylation sites is 1. The lowest BCUT2D eigenvalue weighted by molar-refractivity contribution is 0.102. The lowest BCUT2D eigenvalue weighted by Crippen LogP contribution is -2.16. The van der Waals surface area contributed by atoms with Crippen LogP contribution < -0.4 is 10.6 Å². The summed E-state index contributed by atoms with van der Waals surface area (Å²) in [6.45, 7) is 8.22. The molecule has 0 unspecified atom stereocenters. The molecule has 0 atom stereocenters. The van der Waals surface area contributed by atoms with Crippen molar-refractivity contribution in [3.05, 3.63) is 77.1 Å². The predicted molar refractivity (Wildman–Crippen MR) is 114 cm³/mol. The average molecular weight is 385 g/mol. The maximum atomic E-state index is 12.7. The summed E-state index contributed by atoms with van der Waals surface area (Å²) in [6.07, 6.45) is 0. The Morgan fingerprint density at radius 2 is 1.72 bits per heavy atom. The van der Waals surface area contributed by atoms with Gasteiger partial charge in [0.15, 0.2) is 0 Å². The molecular weight excluding hydrogens is 362 g/mol. The number of amides is 1. The molecule has 1 heterocycles. The first-order valence-electron chi connectivity index (χ1n) is 9.30. The molecule has 1 amide bonds. The van der Waals surface area contributed by atoms with Crippen LogP contribution in [-0.2, 0) is 5.41 Å². The second-order valence-electron chi connectivity index (χ2n) is 7.78. The Balaban J connectivity index is 1.80. The minimum atomic E-state index is -0.323. The topological polar surface area (TPSA) is 90.7 Å². The molecule has 3 aromatic rings. The van der Waals surface area contributed by atoms with Crippen molar-refractivity contribution in [3.8, 4) is 6.07 Å². The summed E-state index contributed by atoms with van der Waals surface area (Å²) in [5.74, 6) is -0.0587. The molecule has 0 saturated carbocycles. The van der Waals surface area contributed by atoms with Gasteiger partial charge in [-0.2, -0.15) is 5.26 Å². The number of aromatic nitrogens is 2. The van der Waals surface area contributed by atoms with Crippen LogP contribution in [0.25, 0.3) is 0 Å². The van der Waals surface area contributed by atoms with E-state index in [1.54, 1.807) is 31.2 Å². The van der Waals surface area contributed by atoms with Crippen molar-refractivity contribution in [3.63, 3.8) is 0 Å². The molecule has 0 spiro atoms. The molecule has 3 rings (SSSR count). The lowest BCUT2D eigenvalue weighted by Gasteiger charge is -2.19. The fourth-order valence-electron chi connectivity index (χ4n) is 2.80. The molecule has 1 aromatic heterocycles. The number of carbonyl (C=O) groups excluding carboxylic acids is 1. The highest BCUT2D eigenvalue weighted by Crippen LogP contribution is 2.24. The van der Waals surface area contributed by atoms with Gasteiger partial charge >= 0.3 is 0 Å². The van der Waals surface area contributed by atoms with Crippen LogP contribution in [-0.4, -0.2) is 15.9 Å². The Labute approximate surface area is 170 Å². The minimum Gasteiger partial charge on any atom is -0.323 e. The summed E-state index contributed by atoms with van der Waals surface area (Å²) in [5.41, 5.74) is 3.89. The van der Waals surface area contributed by atoms with Crippen LogP contribution in [0.1, 0.15) is 48.1 Å². The summed E-state index contributed by atoms with van der Waals surface area (Å²) in [5, 5.41) is 15.1. The number of benzene rings is 2. The molecule has 0 aliphatic rings.